The summed E-state index contributed by atoms with van der Waals surface area (Å²) in [6, 6.07) is 13.0. The van der Waals surface area contributed by atoms with Crippen LogP contribution in [0.1, 0.15) is 35.8 Å². The molecule has 1 fully saturated rings. The van der Waals surface area contributed by atoms with Crippen LogP contribution in [0, 0.1) is 5.92 Å². The Bertz CT molecular complexity index is 679. The highest BCUT2D eigenvalue weighted by molar-refractivity contribution is 7.09. The highest BCUT2D eigenvalue weighted by atomic mass is 32.1. The van der Waals surface area contributed by atoms with Crippen molar-refractivity contribution in [2.75, 3.05) is 19.6 Å². The van der Waals surface area contributed by atoms with Gasteiger partial charge in [-0.25, -0.2) is 4.99 Å². The zero-order chi connectivity index (χ0) is 18.2. The lowest BCUT2D eigenvalue weighted by atomic mass is 9.99. The molecule has 5 heteroatoms. The number of aliphatic imine (C=N–C) groups is 1. The number of nitrogens with two attached hydrogens (primary N) is 1. The molecule has 3 rings (SSSR count). The Morgan fingerprint density at radius 2 is 2.08 bits per heavy atom. The van der Waals surface area contributed by atoms with E-state index in [1.807, 2.05) is 0 Å². The molecule has 1 aliphatic heterocycles. The van der Waals surface area contributed by atoms with Crippen LogP contribution in [0.25, 0.3) is 0 Å². The van der Waals surface area contributed by atoms with E-state index in [4.69, 9.17) is 5.73 Å². The van der Waals surface area contributed by atoms with E-state index in [2.05, 4.69) is 63.9 Å². The van der Waals surface area contributed by atoms with Crippen LogP contribution in [0.5, 0.6) is 0 Å². The number of likely N-dealkylation sites (tertiary alicyclic amines) is 1. The number of hydrogen-bond donors (Lipinski definition) is 2. The van der Waals surface area contributed by atoms with Gasteiger partial charge in [0.25, 0.3) is 0 Å². The van der Waals surface area contributed by atoms with Crippen LogP contribution in [0.4, 0.5) is 0 Å². The van der Waals surface area contributed by atoms with Crippen molar-refractivity contribution >= 4 is 17.3 Å². The van der Waals surface area contributed by atoms with E-state index in [0.29, 0.717) is 12.5 Å². The fourth-order valence-corrected chi connectivity index (χ4v) is 4.15. The maximum Gasteiger partial charge on any atom is 0.188 e. The summed E-state index contributed by atoms with van der Waals surface area (Å²) in [6.45, 7) is 7.30. The van der Waals surface area contributed by atoms with Crippen LogP contribution in [-0.4, -0.2) is 30.5 Å². The molecule has 4 nitrogen and oxygen atoms in total. The van der Waals surface area contributed by atoms with E-state index in [0.717, 1.165) is 25.4 Å². The van der Waals surface area contributed by atoms with Gasteiger partial charge in [0.15, 0.2) is 5.96 Å². The number of rotatable bonds is 7. The summed E-state index contributed by atoms with van der Waals surface area (Å²) in [4.78, 5) is 8.38. The van der Waals surface area contributed by atoms with Gasteiger partial charge in [-0.1, -0.05) is 37.3 Å². The second-order valence-electron chi connectivity index (χ2n) is 7.26. The van der Waals surface area contributed by atoms with Crippen LogP contribution >= 0.6 is 11.3 Å². The second kappa shape index (κ2) is 9.74. The van der Waals surface area contributed by atoms with Crippen LogP contribution in [0.3, 0.4) is 0 Å². The minimum atomic E-state index is 0.521. The van der Waals surface area contributed by atoms with E-state index in [1.165, 1.54) is 41.9 Å². The second-order valence-corrected chi connectivity index (χ2v) is 8.29. The van der Waals surface area contributed by atoms with Gasteiger partial charge >= 0.3 is 0 Å². The number of nitrogens with one attached hydrogen (secondary N) is 1. The molecule has 0 spiro atoms. The summed E-state index contributed by atoms with van der Waals surface area (Å²) in [6.07, 6.45) is 3.68. The standard InChI is InChI=1S/C21H30N4S/c1-17-4-2-12-25(15-17)16-19-8-6-18(7-9-19)14-24-21(22)23-11-10-20-5-3-13-26-20/h3,5-9,13,17H,2,4,10-12,14-16H2,1H3,(H3,22,23,24). The molecule has 3 N–H and O–H groups in total. The lowest BCUT2D eigenvalue weighted by Gasteiger charge is -2.30. The van der Waals surface area contributed by atoms with Gasteiger partial charge in [0, 0.05) is 24.5 Å². The largest absolute Gasteiger partial charge is 0.370 e. The first-order chi connectivity index (χ1) is 12.7. The van der Waals surface area contributed by atoms with Crippen LogP contribution in [0.15, 0.2) is 46.8 Å². The predicted molar refractivity (Wildman–Crippen MR) is 111 cm³/mol. The summed E-state index contributed by atoms with van der Waals surface area (Å²) < 4.78 is 0. The van der Waals surface area contributed by atoms with Crippen molar-refractivity contribution in [3.8, 4) is 0 Å². The van der Waals surface area contributed by atoms with Gasteiger partial charge in [-0.15, -0.1) is 11.3 Å². The minimum absolute atomic E-state index is 0.521. The number of guanidine groups is 1. The molecular weight excluding hydrogens is 340 g/mol. The van der Waals surface area contributed by atoms with E-state index in [9.17, 15) is 0 Å². The third kappa shape index (κ3) is 6.15. The Morgan fingerprint density at radius 3 is 2.81 bits per heavy atom. The summed E-state index contributed by atoms with van der Waals surface area (Å²) in [5, 5.41) is 5.29. The molecule has 1 aromatic carbocycles. The first-order valence-corrected chi connectivity index (χ1v) is 10.4. The number of benzene rings is 1. The Hall–Kier alpha value is -1.85. The monoisotopic (exact) mass is 370 g/mol. The zero-order valence-electron chi connectivity index (χ0n) is 15.7. The molecule has 0 radical (unpaired) electrons. The van der Waals surface area contributed by atoms with E-state index >= 15 is 0 Å². The Balaban J connectivity index is 1.41. The average molecular weight is 371 g/mol. The quantitative estimate of drug-likeness (QED) is 0.578. The third-order valence-electron chi connectivity index (χ3n) is 4.86. The normalized spacial score (nSPS) is 18.8. The number of nitrogens with zero attached hydrogens (tertiary/aromatic N) is 2. The van der Waals surface area contributed by atoms with Gasteiger partial charge in [-0.2, -0.15) is 0 Å². The van der Waals surface area contributed by atoms with Gasteiger partial charge in [-0.3, -0.25) is 4.90 Å². The Kier molecular flexibility index (Phi) is 7.09. The molecule has 140 valence electrons. The third-order valence-corrected chi connectivity index (χ3v) is 5.80. The topological polar surface area (TPSA) is 53.6 Å². The van der Waals surface area contributed by atoms with Crippen LogP contribution in [-0.2, 0) is 19.5 Å². The highest BCUT2D eigenvalue weighted by Crippen LogP contribution is 2.18. The van der Waals surface area contributed by atoms with Crippen LogP contribution in [0.2, 0.25) is 0 Å². The number of thiophene rings is 1. The summed E-state index contributed by atoms with van der Waals surface area (Å²) >= 11 is 1.77. The fraction of sp³-hybridized carbons (Fsp3) is 0.476. The van der Waals surface area contributed by atoms with Gasteiger partial charge in [0.1, 0.15) is 0 Å². The first kappa shape index (κ1) is 18.9. The summed E-state index contributed by atoms with van der Waals surface area (Å²) in [7, 11) is 0. The molecule has 0 aliphatic carbocycles. The lowest BCUT2D eigenvalue weighted by molar-refractivity contribution is 0.176. The van der Waals surface area contributed by atoms with Gasteiger partial charge < -0.3 is 11.1 Å². The summed E-state index contributed by atoms with van der Waals surface area (Å²) in [5.74, 6) is 1.35. The molecule has 0 amide bonds. The average Bonchev–Trinajstić information content (AvgIpc) is 3.15. The van der Waals surface area contributed by atoms with Crippen molar-refractivity contribution in [2.24, 2.45) is 16.6 Å². The fourth-order valence-electron chi connectivity index (χ4n) is 3.44. The zero-order valence-corrected chi connectivity index (χ0v) is 16.5. The molecule has 0 saturated carbocycles. The molecule has 1 aromatic heterocycles. The van der Waals surface area contributed by atoms with Crippen molar-refractivity contribution in [1.29, 1.82) is 0 Å². The van der Waals surface area contributed by atoms with Crippen molar-refractivity contribution < 1.29 is 0 Å². The SMILES string of the molecule is CC1CCCN(Cc2ccc(CN=C(N)NCCc3cccs3)cc2)C1. The highest BCUT2D eigenvalue weighted by Gasteiger charge is 2.15. The van der Waals surface area contributed by atoms with Crippen molar-refractivity contribution in [1.82, 2.24) is 10.2 Å². The molecule has 1 saturated heterocycles. The van der Waals surface area contributed by atoms with Gasteiger partial charge in [0.05, 0.1) is 6.54 Å². The minimum Gasteiger partial charge on any atom is -0.370 e. The molecule has 26 heavy (non-hydrogen) atoms. The lowest BCUT2D eigenvalue weighted by Crippen LogP contribution is -2.33. The molecule has 0 bridgehead atoms. The molecule has 2 aromatic rings. The molecule has 2 heterocycles. The van der Waals surface area contributed by atoms with Crippen LogP contribution < -0.4 is 11.1 Å². The maximum absolute atomic E-state index is 5.96. The Labute approximate surface area is 161 Å². The van der Waals surface area contributed by atoms with Crippen molar-refractivity contribution in [2.45, 2.75) is 39.3 Å². The predicted octanol–water partition coefficient (Wildman–Crippen LogP) is 3.63. The van der Waals surface area contributed by atoms with Crippen molar-refractivity contribution in [3.05, 3.63) is 57.8 Å². The molecule has 1 atom stereocenters. The molecule has 1 aliphatic rings. The number of piperidine rings is 1. The van der Waals surface area contributed by atoms with Crippen molar-refractivity contribution in [3.63, 3.8) is 0 Å². The van der Waals surface area contributed by atoms with E-state index in [1.54, 1.807) is 11.3 Å². The first-order valence-electron chi connectivity index (χ1n) is 9.55. The van der Waals surface area contributed by atoms with E-state index in [-0.39, 0.29) is 0 Å². The molecular formula is C21H30N4S. The summed E-state index contributed by atoms with van der Waals surface area (Å²) in [5.41, 5.74) is 8.54. The van der Waals surface area contributed by atoms with E-state index < -0.39 is 0 Å². The Morgan fingerprint density at radius 1 is 1.27 bits per heavy atom. The smallest absolute Gasteiger partial charge is 0.188 e. The maximum atomic E-state index is 5.96. The van der Waals surface area contributed by atoms with Gasteiger partial charge in [-0.05, 0) is 54.3 Å². The molecule has 1 unspecified atom stereocenters. The number of hydrogen-bond acceptors (Lipinski definition) is 3. The van der Waals surface area contributed by atoms with Gasteiger partial charge in [0.2, 0.25) is 0 Å².